The molecule has 2 rings (SSSR count). The molecule has 1 aliphatic rings. The third-order valence-corrected chi connectivity index (χ3v) is 3.45. The van der Waals surface area contributed by atoms with Crippen molar-refractivity contribution in [2.45, 2.75) is 13.0 Å². The zero-order valence-electron chi connectivity index (χ0n) is 8.63. The highest BCUT2D eigenvalue weighted by Gasteiger charge is 2.18. The van der Waals surface area contributed by atoms with Crippen LogP contribution in [0.4, 0.5) is 5.69 Å². The summed E-state index contributed by atoms with van der Waals surface area (Å²) in [4.78, 5) is 2.27. The summed E-state index contributed by atoms with van der Waals surface area (Å²) in [6, 6.07) is 6.27. The van der Waals surface area contributed by atoms with Crippen molar-refractivity contribution in [1.29, 1.82) is 0 Å². The zero-order chi connectivity index (χ0) is 10.8. The summed E-state index contributed by atoms with van der Waals surface area (Å²) in [7, 11) is 0. The maximum absolute atomic E-state index is 6.18. The van der Waals surface area contributed by atoms with Crippen LogP contribution in [0, 0.1) is 0 Å². The summed E-state index contributed by atoms with van der Waals surface area (Å²) in [5.74, 6) is 0. The van der Waals surface area contributed by atoms with Gasteiger partial charge in [-0.25, -0.2) is 0 Å². The van der Waals surface area contributed by atoms with Crippen LogP contribution in [0.15, 0.2) is 18.2 Å². The van der Waals surface area contributed by atoms with Crippen LogP contribution in [0.3, 0.4) is 0 Å². The molecule has 1 saturated heterocycles. The Morgan fingerprint density at radius 2 is 2.20 bits per heavy atom. The molecule has 0 radical (unpaired) electrons. The maximum Gasteiger partial charge on any atom is 0.0825 e. The lowest BCUT2D eigenvalue weighted by Gasteiger charge is -2.34. The first-order chi connectivity index (χ1) is 7.18. The molecule has 0 unspecified atom stereocenters. The Kier molecular flexibility index (Phi) is 3.39. The van der Waals surface area contributed by atoms with Crippen LogP contribution in [0.5, 0.6) is 0 Å². The lowest BCUT2D eigenvalue weighted by atomic mass is 10.2. The number of hydrogen-bond donors (Lipinski definition) is 1. The Morgan fingerprint density at radius 1 is 1.40 bits per heavy atom. The van der Waals surface area contributed by atoms with Crippen molar-refractivity contribution in [3.63, 3.8) is 0 Å². The molecular weight excluding hydrogens is 231 g/mol. The highest BCUT2D eigenvalue weighted by Crippen LogP contribution is 2.32. The SMILES string of the molecule is C[C@H]1CN(c2cccc(Cl)c2Cl)CCN1. The molecule has 0 amide bonds. The van der Waals surface area contributed by atoms with Crippen molar-refractivity contribution < 1.29 is 0 Å². The minimum absolute atomic E-state index is 0.494. The fourth-order valence-corrected chi connectivity index (χ4v) is 2.30. The minimum Gasteiger partial charge on any atom is -0.367 e. The van der Waals surface area contributed by atoms with Gasteiger partial charge in [0.25, 0.3) is 0 Å². The lowest BCUT2D eigenvalue weighted by Crippen LogP contribution is -2.49. The molecule has 1 N–H and O–H groups in total. The molecule has 15 heavy (non-hydrogen) atoms. The second-order valence-corrected chi connectivity index (χ2v) is 4.66. The molecular formula is C11H14Cl2N2. The van der Waals surface area contributed by atoms with E-state index in [-0.39, 0.29) is 0 Å². The van der Waals surface area contributed by atoms with Gasteiger partial charge in [-0.05, 0) is 19.1 Å². The number of rotatable bonds is 1. The van der Waals surface area contributed by atoms with Gasteiger partial charge in [0.05, 0.1) is 15.7 Å². The summed E-state index contributed by atoms with van der Waals surface area (Å²) >= 11 is 12.2. The first kappa shape index (κ1) is 11.1. The third-order valence-electron chi connectivity index (χ3n) is 2.64. The predicted molar refractivity (Wildman–Crippen MR) is 66.1 cm³/mol. The maximum atomic E-state index is 6.18. The van der Waals surface area contributed by atoms with Gasteiger partial charge >= 0.3 is 0 Å². The van der Waals surface area contributed by atoms with Gasteiger partial charge in [0.1, 0.15) is 0 Å². The molecule has 1 heterocycles. The molecule has 0 saturated carbocycles. The summed E-state index contributed by atoms with van der Waals surface area (Å²) in [5.41, 5.74) is 1.04. The topological polar surface area (TPSA) is 15.3 Å². The molecule has 2 nitrogen and oxygen atoms in total. The van der Waals surface area contributed by atoms with E-state index in [1.165, 1.54) is 0 Å². The van der Waals surface area contributed by atoms with Gasteiger partial charge in [-0.15, -0.1) is 0 Å². The molecule has 0 spiro atoms. The van der Waals surface area contributed by atoms with Crippen LogP contribution >= 0.6 is 23.2 Å². The molecule has 1 aromatic rings. The van der Waals surface area contributed by atoms with E-state index in [2.05, 4.69) is 17.1 Å². The molecule has 0 aliphatic carbocycles. The highest BCUT2D eigenvalue weighted by atomic mass is 35.5. The van der Waals surface area contributed by atoms with Crippen molar-refractivity contribution in [1.82, 2.24) is 5.32 Å². The quantitative estimate of drug-likeness (QED) is 0.818. The van der Waals surface area contributed by atoms with E-state index in [1.54, 1.807) is 0 Å². The van der Waals surface area contributed by atoms with Crippen molar-refractivity contribution in [3.8, 4) is 0 Å². The molecule has 1 fully saturated rings. The Bertz CT molecular complexity index is 354. The van der Waals surface area contributed by atoms with E-state index < -0.39 is 0 Å². The second-order valence-electron chi connectivity index (χ2n) is 3.87. The fourth-order valence-electron chi connectivity index (χ4n) is 1.89. The van der Waals surface area contributed by atoms with E-state index in [0.717, 1.165) is 25.3 Å². The lowest BCUT2D eigenvalue weighted by molar-refractivity contribution is 0.485. The van der Waals surface area contributed by atoms with Crippen LogP contribution in [-0.4, -0.2) is 25.7 Å². The Hall–Kier alpha value is -0.440. The van der Waals surface area contributed by atoms with Crippen LogP contribution in [0.1, 0.15) is 6.92 Å². The van der Waals surface area contributed by atoms with E-state index >= 15 is 0 Å². The Labute approximate surface area is 100 Å². The standard InChI is InChI=1S/C11H14Cl2N2/c1-8-7-15(6-5-14-8)10-4-2-3-9(12)11(10)13/h2-4,8,14H,5-7H2,1H3/t8-/m0/s1. The summed E-state index contributed by atoms with van der Waals surface area (Å²) < 4.78 is 0. The van der Waals surface area contributed by atoms with Gasteiger partial charge < -0.3 is 10.2 Å². The minimum atomic E-state index is 0.494. The van der Waals surface area contributed by atoms with Crippen molar-refractivity contribution in [2.75, 3.05) is 24.5 Å². The summed E-state index contributed by atoms with van der Waals surface area (Å²) in [6.07, 6.45) is 0. The number of anilines is 1. The van der Waals surface area contributed by atoms with Gasteiger partial charge in [-0.1, -0.05) is 29.3 Å². The van der Waals surface area contributed by atoms with Crippen molar-refractivity contribution >= 4 is 28.9 Å². The summed E-state index contributed by atoms with van der Waals surface area (Å²) in [6.45, 7) is 5.11. The normalized spacial score (nSPS) is 21.8. The number of benzene rings is 1. The molecule has 1 aliphatic heterocycles. The van der Waals surface area contributed by atoms with E-state index in [9.17, 15) is 0 Å². The molecule has 0 bridgehead atoms. The number of halogens is 2. The van der Waals surface area contributed by atoms with Crippen LogP contribution in [0.25, 0.3) is 0 Å². The van der Waals surface area contributed by atoms with Crippen molar-refractivity contribution in [2.24, 2.45) is 0 Å². The van der Waals surface area contributed by atoms with Gasteiger partial charge in [0.15, 0.2) is 0 Å². The first-order valence-corrected chi connectivity index (χ1v) is 5.86. The Morgan fingerprint density at radius 3 is 2.93 bits per heavy atom. The predicted octanol–water partition coefficient (Wildman–Crippen LogP) is 2.79. The largest absolute Gasteiger partial charge is 0.367 e. The van der Waals surface area contributed by atoms with E-state index in [4.69, 9.17) is 23.2 Å². The number of piperazine rings is 1. The fraction of sp³-hybridized carbons (Fsp3) is 0.455. The van der Waals surface area contributed by atoms with Crippen LogP contribution in [-0.2, 0) is 0 Å². The van der Waals surface area contributed by atoms with Crippen LogP contribution < -0.4 is 10.2 Å². The molecule has 82 valence electrons. The molecule has 1 atom stereocenters. The van der Waals surface area contributed by atoms with Gasteiger partial charge in [0, 0.05) is 25.7 Å². The second kappa shape index (κ2) is 4.60. The zero-order valence-corrected chi connectivity index (χ0v) is 10.1. The smallest absolute Gasteiger partial charge is 0.0825 e. The molecule has 0 aromatic heterocycles. The Balaban J connectivity index is 2.24. The van der Waals surface area contributed by atoms with Crippen LogP contribution in [0.2, 0.25) is 10.0 Å². The first-order valence-electron chi connectivity index (χ1n) is 5.11. The monoisotopic (exact) mass is 244 g/mol. The number of hydrogen-bond acceptors (Lipinski definition) is 2. The molecule has 4 heteroatoms. The average molecular weight is 245 g/mol. The highest BCUT2D eigenvalue weighted by molar-refractivity contribution is 6.43. The third kappa shape index (κ3) is 2.39. The van der Waals surface area contributed by atoms with Gasteiger partial charge in [0.2, 0.25) is 0 Å². The average Bonchev–Trinajstić information content (AvgIpc) is 2.22. The van der Waals surface area contributed by atoms with Crippen molar-refractivity contribution in [3.05, 3.63) is 28.2 Å². The molecule has 1 aromatic carbocycles. The van der Waals surface area contributed by atoms with Gasteiger partial charge in [-0.2, -0.15) is 0 Å². The number of nitrogens with zero attached hydrogens (tertiary/aromatic N) is 1. The number of nitrogens with one attached hydrogen (secondary N) is 1. The van der Waals surface area contributed by atoms with Gasteiger partial charge in [-0.3, -0.25) is 0 Å². The summed E-state index contributed by atoms with van der Waals surface area (Å²) in [5, 5.41) is 4.68. The van der Waals surface area contributed by atoms with E-state index in [0.29, 0.717) is 16.1 Å². The van der Waals surface area contributed by atoms with E-state index in [1.807, 2.05) is 18.2 Å².